The number of halogens is 1. The van der Waals surface area contributed by atoms with Crippen LogP contribution in [0.3, 0.4) is 0 Å². The maximum absolute atomic E-state index is 12.7. The van der Waals surface area contributed by atoms with E-state index in [2.05, 4.69) is 25.2 Å². The molecule has 198 valence electrons. The van der Waals surface area contributed by atoms with Gasteiger partial charge in [0.25, 0.3) is 0 Å². The number of piperidine rings is 1. The van der Waals surface area contributed by atoms with E-state index in [-0.39, 0.29) is 12.2 Å². The van der Waals surface area contributed by atoms with Crippen LogP contribution in [-0.4, -0.2) is 85.7 Å². The molecule has 37 heavy (non-hydrogen) atoms. The third kappa shape index (κ3) is 7.18. The van der Waals surface area contributed by atoms with Crippen molar-refractivity contribution in [2.45, 2.75) is 25.5 Å². The minimum Gasteiger partial charge on any atom is -0.446 e. The van der Waals surface area contributed by atoms with Gasteiger partial charge in [-0.2, -0.15) is 0 Å². The maximum atomic E-state index is 12.7. The number of hydrogen-bond acceptors (Lipinski definition) is 9. The Morgan fingerprint density at radius 3 is 2.54 bits per heavy atom. The van der Waals surface area contributed by atoms with E-state index in [0.717, 1.165) is 22.3 Å². The number of benzene rings is 1. The van der Waals surface area contributed by atoms with E-state index < -0.39 is 0 Å². The number of aromatic nitrogens is 3. The molecule has 1 N–H and O–H groups in total. The van der Waals surface area contributed by atoms with Crippen LogP contribution in [-0.2, 0) is 20.8 Å². The molecule has 1 saturated heterocycles. The van der Waals surface area contributed by atoms with Gasteiger partial charge in [-0.1, -0.05) is 29.8 Å². The SMILES string of the molecule is COCCN(CCOC)C(=O)OC1CCN(c2nccc3nc(NCc4ccccc4Cl)ncc23)CC1. The van der Waals surface area contributed by atoms with Crippen molar-refractivity contribution in [1.29, 1.82) is 0 Å². The van der Waals surface area contributed by atoms with Crippen LogP contribution in [0.5, 0.6) is 0 Å². The van der Waals surface area contributed by atoms with E-state index in [1.165, 1.54) is 0 Å². The molecule has 0 atom stereocenters. The standard InChI is InChI=1S/C26H33ClN6O4/c1-35-15-13-33(14-16-36-2)26(34)37-20-8-11-32(12-9-20)24-21-18-30-25(31-23(21)7-10-28-24)29-17-19-5-3-4-6-22(19)27/h3-7,10,18,20H,8-9,11-17H2,1-2H3,(H,29,30,31). The molecule has 0 radical (unpaired) electrons. The van der Waals surface area contributed by atoms with Gasteiger partial charge >= 0.3 is 6.09 Å². The third-order valence-corrected chi connectivity index (χ3v) is 6.65. The maximum Gasteiger partial charge on any atom is 0.410 e. The molecule has 11 heteroatoms. The van der Waals surface area contributed by atoms with Crippen molar-refractivity contribution < 1.29 is 19.0 Å². The van der Waals surface area contributed by atoms with Crippen molar-refractivity contribution in [3.05, 3.63) is 53.3 Å². The Kier molecular flexibility index (Phi) is 9.70. The van der Waals surface area contributed by atoms with Gasteiger partial charge in [-0.05, 0) is 17.7 Å². The van der Waals surface area contributed by atoms with Crippen LogP contribution < -0.4 is 10.2 Å². The zero-order valence-electron chi connectivity index (χ0n) is 21.2. The first kappa shape index (κ1) is 26.8. The van der Waals surface area contributed by atoms with Crippen molar-refractivity contribution in [3.8, 4) is 0 Å². The molecule has 1 amide bonds. The Hall–Kier alpha value is -3.21. The number of methoxy groups -OCH3 is 2. The highest BCUT2D eigenvalue weighted by molar-refractivity contribution is 6.31. The van der Waals surface area contributed by atoms with Crippen molar-refractivity contribution >= 4 is 40.4 Å². The molecule has 3 heterocycles. The number of fused-ring (bicyclic) bond motifs is 1. The van der Waals surface area contributed by atoms with Crippen LogP contribution >= 0.6 is 11.6 Å². The highest BCUT2D eigenvalue weighted by Gasteiger charge is 2.26. The molecule has 2 aromatic heterocycles. The lowest BCUT2D eigenvalue weighted by Gasteiger charge is -2.34. The van der Waals surface area contributed by atoms with Gasteiger partial charge < -0.3 is 29.3 Å². The molecule has 1 aliphatic heterocycles. The number of carbonyl (C=O) groups excluding carboxylic acids is 1. The lowest BCUT2D eigenvalue weighted by Crippen LogP contribution is -2.42. The smallest absolute Gasteiger partial charge is 0.410 e. The largest absolute Gasteiger partial charge is 0.446 e. The topological polar surface area (TPSA) is 102 Å². The molecule has 0 spiro atoms. The highest BCUT2D eigenvalue weighted by Crippen LogP contribution is 2.27. The molecule has 1 aromatic carbocycles. The number of carbonyl (C=O) groups is 1. The Morgan fingerprint density at radius 1 is 1.11 bits per heavy atom. The first-order chi connectivity index (χ1) is 18.1. The fraction of sp³-hybridized carbons (Fsp3) is 0.462. The minimum absolute atomic E-state index is 0.150. The van der Waals surface area contributed by atoms with Gasteiger partial charge in [0, 0.05) is 77.2 Å². The Morgan fingerprint density at radius 2 is 1.84 bits per heavy atom. The summed E-state index contributed by atoms with van der Waals surface area (Å²) in [6.07, 6.45) is 4.51. The Bertz CT molecular complexity index is 1170. The Labute approximate surface area is 221 Å². The van der Waals surface area contributed by atoms with E-state index in [0.29, 0.717) is 69.8 Å². The first-order valence-corrected chi connectivity index (χ1v) is 12.7. The van der Waals surface area contributed by atoms with Gasteiger partial charge in [0.1, 0.15) is 11.9 Å². The van der Waals surface area contributed by atoms with Gasteiger partial charge in [0.05, 0.1) is 24.1 Å². The van der Waals surface area contributed by atoms with Gasteiger partial charge in [0.15, 0.2) is 0 Å². The summed E-state index contributed by atoms with van der Waals surface area (Å²) >= 11 is 6.25. The lowest BCUT2D eigenvalue weighted by atomic mass is 10.1. The second kappa shape index (κ2) is 13.4. The average molecular weight is 529 g/mol. The summed E-state index contributed by atoms with van der Waals surface area (Å²) in [6.45, 7) is 3.79. The fourth-order valence-corrected chi connectivity index (χ4v) is 4.40. The lowest BCUT2D eigenvalue weighted by molar-refractivity contribution is 0.0377. The number of nitrogens with one attached hydrogen (secondary N) is 1. The normalized spacial score (nSPS) is 14.1. The van der Waals surface area contributed by atoms with Crippen molar-refractivity contribution in [1.82, 2.24) is 19.9 Å². The summed E-state index contributed by atoms with van der Waals surface area (Å²) in [7, 11) is 3.22. The second-order valence-corrected chi connectivity index (χ2v) is 9.16. The van der Waals surface area contributed by atoms with E-state index in [9.17, 15) is 4.79 Å². The van der Waals surface area contributed by atoms with Gasteiger partial charge in [-0.3, -0.25) is 0 Å². The van der Waals surface area contributed by atoms with E-state index in [4.69, 9.17) is 25.8 Å². The molecular weight excluding hydrogens is 496 g/mol. The summed E-state index contributed by atoms with van der Waals surface area (Å²) in [4.78, 5) is 30.3. The molecular formula is C26H33ClN6O4. The van der Waals surface area contributed by atoms with Crippen molar-refractivity contribution in [2.75, 3.05) is 63.8 Å². The van der Waals surface area contributed by atoms with Crippen molar-refractivity contribution in [3.63, 3.8) is 0 Å². The van der Waals surface area contributed by atoms with Crippen LogP contribution in [0.25, 0.3) is 10.9 Å². The van der Waals surface area contributed by atoms with Gasteiger partial charge in [-0.15, -0.1) is 0 Å². The van der Waals surface area contributed by atoms with Crippen LogP contribution in [0.1, 0.15) is 18.4 Å². The predicted octanol–water partition coefficient (Wildman–Crippen LogP) is 3.99. The van der Waals surface area contributed by atoms with Gasteiger partial charge in [0.2, 0.25) is 5.95 Å². The summed E-state index contributed by atoms with van der Waals surface area (Å²) in [6, 6.07) is 9.56. The Balaban J connectivity index is 1.35. The molecule has 10 nitrogen and oxygen atoms in total. The summed E-state index contributed by atoms with van der Waals surface area (Å²) < 4.78 is 16.0. The summed E-state index contributed by atoms with van der Waals surface area (Å²) in [5, 5.41) is 4.83. The van der Waals surface area contributed by atoms with Crippen molar-refractivity contribution in [2.24, 2.45) is 0 Å². The van der Waals surface area contributed by atoms with Crippen LogP contribution in [0.15, 0.2) is 42.7 Å². The molecule has 1 fully saturated rings. The predicted molar refractivity (Wildman–Crippen MR) is 143 cm³/mol. The molecule has 3 aromatic rings. The van der Waals surface area contributed by atoms with Crippen LogP contribution in [0, 0.1) is 0 Å². The monoisotopic (exact) mass is 528 g/mol. The number of nitrogens with zero attached hydrogens (tertiary/aromatic N) is 5. The average Bonchev–Trinajstić information content (AvgIpc) is 2.92. The molecule has 0 saturated carbocycles. The zero-order chi connectivity index (χ0) is 26.0. The number of anilines is 2. The molecule has 0 aliphatic carbocycles. The zero-order valence-corrected chi connectivity index (χ0v) is 22.0. The van der Waals surface area contributed by atoms with Crippen LogP contribution in [0.2, 0.25) is 5.02 Å². The number of ether oxygens (including phenoxy) is 3. The van der Waals surface area contributed by atoms with Gasteiger partial charge in [-0.25, -0.2) is 19.7 Å². The van der Waals surface area contributed by atoms with E-state index >= 15 is 0 Å². The molecule has 4 rings (SSSR count). The summed E-state index contributed by atoms with van der Waals surface area (Å²) in [5.74, 6) is 1.36. The number of hydrogen-bond donors (Lipinski definition) is 1. The summed E-state index contributed by atoms with van der Waals surface area (Å²) in [5.41, 5.74) is 1.79. The molecule has 1 aliphatic rings. The first-order valence-electron chi connectivity index (χ1n) is 12.4. The highest BCUT2D eigenvalue weighted by atomic mass is 35.5. The quantitative estimate of drug-likeness (QED) is 0.395. The number of rotatable bonds is 11. The van der Waals surface area contributed by atoms with Crippen LogP contribution in [0.4, 0.5) is 16.6 Å². The molecule has 0 bridgehead atoms. The van der Waals surface area contributed by atoms with E-state index in [1.807, 2.05) is 30.3 Å². The minimum atomic E-state index is -0.332. The third-order valence-electron chi connectivity index (χ3n) is 6.28. The van der Waals surface area contributed by atoms with E-state index in [1.54, 1.807) is 31.5 Å². The fourth-order valence-electron chi connectivity index (χ4n) is 4.20. The second-order valence-electron chi connectivity index (χ2n) is 8.75. The number of pyridine rings is 1. The molecule has 0 unspecified atom stereocenters. The number of amides is 1.